The SMILES string of the molecule is C#CC(C)NC1CCNCC1. The molecule has 1 atom stereocenters. The lowest BCUT2D eigenvalue weighted by molar-refractivity contribution is 0.378. The molecule has 11 heavy (non-hydrogen) atoms. The maximum Gasteiger partial charge on any atom is 0.0660 e. The van der Waals surface area contributed by atoms with Crippen LogP contribution in [0, 0.1) is 12.3 Å². The molecule has 0 radical (unpaired) electrons. The summed E-state index contributed by atoms with van der Waals surface area (Å²) >= 11 is 0. The van der Waals surface area contributed by atoms with Gasteiger partial charge in [0, 0.05) is 6.04 Å². The van der Waals surface area contributed by atoms with Crippen LogP contribution >= 0.6 is 0 Å². The maximum atomic E-state index is 5.26. The van der Waals surface area contributed by atoms with Gasteiger partial charge in [-0.25, -0.2) is 0 Å². The van der Waals surface area contributed by atoms with Crippen LogP contribution in [0.5, 0.6) is 0 Å². The lowest BCUT2D eigenvalue weighted by Crippen LogP contribution is -2.43. The van der Waals surface area contributed by atoms with Crippen LogP contribution < -0.4 is 10.6 Å². The third-order valence-corrected chi connectivity index (χ3v) is 2.07. The fourth-order valence-corrected chi connectivity index (χ4v) is 1.39. The molecule has 0 aliphatic carbocycles. The number of nitrogens with one attached hydrogen (secondary N) is 2. The van der Waals surface area contributed by atoms with E-state index >= 15 is 0 Å². The van der Waals surface area contributed by atoms with E-state index in [1.54, 1.807) is 0 Å². The van der Waals surface area contributed by atoms with Crippen LogP contribution in [0.1, 0.15) is 19.8 Å². The van der Waals surface area contributed by atoms with Crippen LogP contribution in [-0.4, -0.2) is 25.2 Å². The molecule has 0 saturated carbocycles. The lowest BCUT2D eigenvalue weighted by atomic mass is 10.1. The normalized spacial score (nSPS) is 22.5. The summed E-state index contributed by atoms with van der Waals surface area (Å²) in [4.78, 5) is 0. The predicted octanol–water partition coefficient (Wildman–Crippen LogP) is 0.350. The van der Waals surface area contributed by atoms with E-state index in [1.165, 1.54) is 12.8 Å². The van der Waals surface area contributed by atoms with Gasteiger partial charge >= 0.3 is 0 Å². The highest BCUT2D eigenvalue weighted by Gasteiger charge is 2.13. The van der Waals surface area contributed by atoms with Gasteiger partial charge in [0.25, 0.3) is 0 Å². The Morgan fingerprint density at radius 1 is 1.55 bits per heavy atom. The summed E-state index contributed by atoms with van der Waals surface area (Å²) in [5, 5.41) is 6.71. The zero-order valence-electron chi connectivity index (χ0n) is 7.06. The Labute approximate surface area is 68.8 Å². The van der Waals surface area contributed by atoms with Crippen molar-refractivity contribution in [3.8, 4) is 12.3 Å². The zero-order chi connectivity index (χ0) is 8.10. The molecule has 1 rings (SSSR count). The number of hydrogen-bond donors (Lipinski definition) is 2. The minimum atomic E-state index is 0.220. The van der Waals surface area contributed by atoms with Gasteiger partial charge in [-0.2, -0.15) is 0 Å². The average molecular weight is 152 g/mol. The molecule has 0 aromatic heterocycles. The standard InChI is InChI=1S/C9H16N2/c1-3-8(2)11-9-4-6-10-7-5-9/h1,8-11H,4-7H2,2H3. The molecular formula is C9H16N2. The van der Waals surface area contributed by atoms with E-state index in [4.69, 9.17) is 6.42 Å². The van der Waals surface area contributed by atoms with Gasteiger partial charge in [-0.05, 0) is 32.9 Å². The predicted molar refractivity (Wildman–Crippen MR) is 47.3 cm³/mol. The van der Waals surface area contributed by atoms with Gasteiger partial charge in [0.1, 0.15) is 0 Å². The maximum absolute atomic E-state index is 5.26. The van der Waals surface area contributed by atoms with E-state index in [-0.39, 0.29) is 6.04 Å². The van der Waals surface area contributed by atoms with Gasteiger partial charge in [-0.1, -0.05) is 5.92 Å². The third-order valence-electron chi connectivity index (χ3n) is 2.07. The second kappa shape index (κ2) is 4.38. The molecule has 0 aromatic rings. The number of rotatable bonds is 2. The summed E-state index contributed by atoms with van der Waals surface area (Å²) in [6.45, 7) is 4.27. The molecule has 2 heteroatoms. The van der Waals surface area contributed by atoms with Crippen molar-refractivity contribution >= 4 is 0 Å². The van der Waals surface area contributed by atoms with E-state index in [1.807, 2.05) is 6.92 Å². The fraction of sp³-hybridized carbons (Fsp3) is 0.778. The minimum Gasteiger partial charge on any atom is -0.317 e. The van der Waals surface area contributed by atoms with Crippen molar-refractivity contribution in [1.29, 1.82) is 0 Å². The minimum absolute atomic E-state index is 0.220. The Morgan fingerprint density at radius 3 is 2.73 bits per heavy atom. The van der Waals surface area contributed by atoms with Crippen molar-refractivity contribution in [2.75, 3.05) is 13.1 Å². The Bertz CT molecular complexity index is 142. The Morgan fingerprint density at radius 2 is 2.18 bits per heavy atom. The van der Waals surface area contributed by atoms with Crippen molar-refractivity contribution in [2.24, 2.45) is 0 Å². The first-order valence-corrected chi connectivity index (χ1v) is 4.26. The van der Waals surface area contributed by atoms with Gasteiger partial charge < -0.3 is 10.6 Å². The first kappa shape index (κ1) is 8.58. The van der Waals surface area contributed by atoms with Crippen LogP contribution in [0.2, 0.25) is 0 Å². The van der Waals surface area contributed by atoms with Crippen molar-refractivity contribution in [3.63, 3.8) is 0 Å². The van der Waals surface area contributed by atoms with Crippen LogP contribution in [0.25, 0.3) is 0 Å². The van der Waals surface area contributed by atoms with Crippen LogP contribution in [0.15, 0.2) is 0 Å². The van der Waals surface area contributed by atoms with Crippen LogP contribution in [0.4, 0.5) is 0 Å². The molecule has 0 bridgehead atoms. The largest absolute Gasteiger partial charge is 0.317 e. The Hall–Kier alpha value is -0.520. The fourth-order valence-electron chi connectivity index (χ4n) is 1.39. The van der Waals surface area contributed by atoms with Gasteiger partial charge in [-0.3, -0.25) is 0 Å². The molecule has 1 saturated heterocycles. The molecule has 1 aliphatic heterocycles. The van der Waals surface area contributed by atoms with Crippen LogP contribution in [-0.2, 0) is 0 Å². The zero-order valence-corrected chi connectivity index (χ0v) is 7.06. The molecule has 2 N–H and O–H groups in total. The Kier molecular flexibility index (Phi) is 3.41. The van der Waals surface area contributed by atoms with Crippen LogP contribution in [0.3, 0.4) is 0 Å². The van der Waals surface area contributed by atoms with Crippen molar-refractivity contribution < 1.29 is 0 Å². The third kappa shape index (κ3) is 2.92. The smallest absolute Gasteiger partial charge is 0.0660 e. The molecule has 1 heterocycles. The number of hydrogen-bond acceptors (Lipinski definition) is 2. The topological polar surface area (TPSA) is 24.1 Å². The second-order valence-corrected chi connectivity index (χ2v) is 3.08. The highest BCUT2D eigenvalue weighted by molar-refractivity contribution is 4.97. The molecule has 2 nitrogen and oxygen atoms in total. The van der Waals surface area contributed by atoms with E-state index in [9.17, 15) is 0 Å². The van der Waals surface area contributed by atoms with E-state index in [0.717, 1.165) is 13.1 Å². The van der Waals surface area contributed by atoms with E-state index < -0.39 is 0 Å². The molecule has 0 amide bonds. The molecule has 1 unspecified atom stereocenters. The summed E-state index contributed by atoms with van der Waals surface area (Å²) in [5.41, 5.74) is 0. The lowest BCUT2D eigenvalue weighted by Gasteiger charge is -2.25. The number of piperidine rings is 1. The molecule has 0 spiro atoms. The van der Waals surface area contributed by atoms with Crippen molar-refractivity contribution in [3.05, 3.63) is 0 Å². The van der Waals surface area contributed by atoms with E-state index in [0.29, 0.717) is 6.04 Å². The molecule has 0 aromatic carbocycles. The summed E-state index contributed by atoms with van der Waals surface area (Å²) in [6, 6.07) is 0.848. The summed E-state index contributed by atoms with van der Waals surface area (Å²) < 4.78 is 0. The monoisotopic (exact) mass is 152 g/mol. The Balaban J connectivity index is 2.20. The van der Waals surface area contributed by atoms with Gasteiger partial charge in [0.05, 0.1) is 6.04 Å². The van der Waals surface area contributed by atoms with Crippen molar-refractivity contribution in [1.82, 2.24) is 10.6 Å². The summed E-state index contributed by atoms with van der Waals surface area (Å²) in [7, 11) is 0. The summed E-state index contributed by atoms with van der Waals surface area (Å²) in [5.74, 6) is 2.68. The van der Waals surface area contributed by atoms with Gasteiger partial charge in [0.15, 0.2) is 0 Å². The van der Waals surface area contributed by atoms with Gasteiger partial charge in [0.2, 0.25) is 0 Å². The quantitative estimate of drug-likeness (QED) is 0.558. The first-order chi connectivity index (χ1) is 5.33. The average Bonchev–Trinajstić information content (AvgIpc) is 2.06. The molecular weight excluding hydrogens is 136 g/mol. The first-order valence-electron chi connectivity index (χ1n) is 4.26. The van der Waals surface area contributed by atoms with Gasteiger partial charge in [-0.15, -0.1) is 6.42 Å². The highest BCUT2D eigenvalue weighted by Crippen LogP contribution is 2.02. The molecule has 1 fully saturated rings. The number of terminal acetylenes is 1. The van der Waals surface area contributed by atoms with Crippen molar-refractivity contribution in [2.45, 2.75) is 31.8 Å². The summed E-state index contributed by atoms with van der Waals surface area (Å²) in [6.07, 6.45) is 7.66. The van der Waals surface area contributed by atoms with E-state index in [2.05, 4.69) is 16.6 Å². The molecule has 62 valence electrons. The molecule has 1 aliphatic rings. The highest BCUT2D eigenvalue weighted by atomic mass is 15.0. The second-order valence-electron chi connectivity index (χ2n) is 3.08.